The lowest BCUT2D eigenvalue weighted by atomic mass is 10.1. The summed E-state index contributed by atoms with van der Waals surface area (Å²) in [6.45, 7) is 2.15. The van der Waals surface area contributed by atoms with E-state index < -0.39 is 10.8 Å². The number of fused-ring (bicyclic) bond motifs is 1. The summed E-state index contributed by atoms with van der Waals surface area (Å²) in [7, 11) is 0. The zero-order chi connectivity index (χ0) is 27.5. The third-order valence-electron chi connectivity index (χ3n) is 7.17. The second-order valence-electron chi connectivity index (χ2n) is 9.97. The van der Waals surface area contributed by atoms with E-state index >= 15 is 0 Å². The van der Waals surface area contributed by atoms with Gasteiger partial charge in [-0.2, -0.15) is 0 Å². The van der Waals surface area contributed by atoms with Gasteiger partial charge in [0, 0.05) is 53.4 Å². The van der Waals surface area contributed by atoms with Crippen LogP contribution in [0.1, 0.15) is 39.9 Å². The molecule has 2 amide bonds. The number of rotatable bonds is 10. The number of nitrogens with one attached hydrogen (secondary N) is 1. The number of para-hydroxylation sites is 1. The van der Waals surface area contributed by atoms with Gasteiger partial charge >= 0.3 is 0 Å². The topological polar surface area (TPSA) is 99.6 Å². The molecule has 0 spiro atoms. The normalized spacial score (nSPS) is 12.9. The van der Waals surface area contributed by atoms with E-state index in [0.717, 1.165) is 34.9 Å². The molecular formula is C30H29FN4O4. The SMILES string of the molecule is Cc1ccc(C(=O)N(CC(=O)N(CCc2c[nH]c3ccccc23)Cc2ccc(F)cc2)C2CC2)cc1[N+](=O)[O-]. The van der Waals surface area contributed by atoms with Crippen molar-refractivity contribution in [2.75, 3.05) is 13.1 Å². The quantitative estimate of drug-likeness (QED) is 0.220. The van der Waals surface area contributed by atoms with E-state index in [1.165, 1.54) is 23.1 Å². The minimum Gasteiger partial charge on any atom is -0.361 e. The van der Waals surface area contributed by atoms with Crippen molar-refractivity contribution < 1.29 is 18.9 Å². The molecule has 5 rings (SSSR count). The summed E-state index contributed by atoms with van der Waals surface area (Å²) >= 11 is 0. The third kappa shape index (κ3) is 5.98. The molecule has 4 aromatic rings. The van der Waals surface area contributed by atoms with Crippen LogP contribution in [0.25, 0.3) is 10.9 Å². The highest BCUT2D eigenvalue weighted by atomic mass is 19.1. The molecule has 39 heavy (non-hydrogen) atoms. The molecule has 1 saturated carbocycles. The zero-order valence-corrected chi connectivity index (χ0v) is 21.6. The summed E-state index contributed by atoms with van der Waals surface area (Å²) in [5, 5.41) is 12.5. The summed E-state index contributed by atoms with van der Waals surface area (Å²) in [6, 6.07) is 18.3. The van der Waals surface area contributed by atoms with Crippen LogP contribution in [0.5, 0.6) is 0 Å². The molecule has 1 fully saturated rings. The predicted molar refractivity (Wildman–Crippen MR) is 146 cm³/mol. The number of aryl methyl sites for hydroxylation is 1. The van der Waals surface area contributed by atoms with Crippen molar-refractivity contribution in [3.8, 4) is 0 Å². The van der Waals surface area contributed by atoms with Crippen LogP contribution in [0.4, 0.5) is 10.1 Å². The van der Waals surface area contributed by atoms with E-state index in [0.29, 0.717) is 18.5 Å². The van der Waals surface area contributed by atoms with Crippen molar-refractivity contribution in [3.05, 3.63) is 111 Å². The molecule has 0 saturated heterocycles. The van der Waals surface area contributed by atoms with Crippen molar-refractivity contribution in [1.29, 1.82) is 0 Å². The number of halogens is 1. The van der Waals surface area contributed by atoms with Gasteiger partial charge in [0.25, 0.3) is 11.6 Å². The molecule has 200 valence electrons. The number of aromatic amines is 1. The van der Waals surface area contributed by atoms with E-state index in [1.54, 1.807) is 36.1 Å². The molecule has 3 aromatic carbocycles. The molecule has 1 aliphatic rings. The number of carbonyl (C=O) groups excluding carboxylic acids is 2. The summed E-state index contributed by atoms with van der Waals surface area (Å²) in [4.78, 5) is 44.5. The predicted octanol–water partition coefficient (Wildman–Crippen LogP) is 5.40. The van der Waals surface area contributed by atoms with Gasteiger partial charge in [0.2, 0.25) is 5.91 Å². The van der Waals surface area contributed by atoms with Crippen molar-refractivity contribution in [3.63, 3.8) is 0 Å². The summed E-state index contributed by atoms with van der Waals surface area (Å²) in [5.41, 5.74) is 3.40. The lowest BCUT2D eigenvalue weighted by Gasteiger charge is -2.28. The fraction of sp³-hybridized carbons (Fsp3) is 0.267. The molecule has 8 nitrogen and oxygen atoms in total. The fourth-order valence-corrected chi connectivity index (χ4v) is 4.80. The van der Waals surface area contributed by atoms with Crippen LogP contribution in [0, 0.1) is 22.9 Å². The molecule has 0 atom stereocenters. The first-order valence-electron chi connectivity index (χ1n) is 12.9. The Bertz CT molecular complexity index is 1530. The van der Waals surface area contributed by atoms with Crippen LogP contribution in [-0.2, 0) is 17.8 Å². The maximum Gasteiger partial charge on any atom is 0.273 e. The number of hydrogen-bond acceptors (Lipinski definition) is 4. The number of aromatic nitrogens is 1. The first-order chi connectivity index (χ1) is 18.8. The highest BCUT2D eigenvalue weighted by Gasteiger charge is 2.36. The van der Waals surface area contributed by atoms with Gasteiger partial charge in [-0.25, -0.2) is 4.39 Å². The molecule has 0 radical (unpaired) electrons. The number of H-pyrrole nitrogens is 1. The number of carbonyl (C=O) groups is 2. The van der Waals surface area contributed by atoms with Crippen LogP contribution >= 0.6 is 0 Å². The molecule has 1 N–H and O–H groups in total. The van der Waals surface area contributed by atoms with Gasteiger partial charge in [-0.3, -0.25) is 19.7 Å². The van der Waals surface area contributed by atoms with Crippen molar-refractivity contribution in [1.82, 2.24) is 14.8 Å². The number of benzene rings is 3. The van der Waals surface area contributed by atoms with Crippen LogP contribution in [0.15, 0.2) is 72.9 Å². The largest absolute Gasteiger partial charge is 0.361 e. The molecule has 1 aliphatic carbocycles. The van der Waals surface area contributed by atoms with Crippen LogP contribution < -0.4 is 0 Å². The first-order valence-corrected chi connectivity index (χ1v) is 12.9. The van der Waals surface area contributed by atoms with Crippen LogP contribution in [0.2, 0.25) is 0 Å². The molecule has 1 aromatic heterocycles. The molecular weight excluding hydrogens is 499 g/mol. The van der Waals surface area contributed by atoms with Gasteiger partial charge < -0.3 is 14.8 Å². The molecule has 0 unspecified atom stereocenters. The Morgan fingerprint density at radius 1 is 1.08 bits per heavy atom. The van der Waals surface area contributed by atoms with Gasteiger partial charge in [0.15, 0.2) is 0 Å². The summed E-state index contributed by atoms with van der Waals surface area (Å²) < 4.78 is 13.5. The lowest BCUT2D eigenvalue weighted by Crippen LogP contribution is -2.44. The van der Waals surface area contributed by atoms with E-state index in [9.17, 15) is 24.1 Å². The smallest absolute Gasteiger partial charge is 0.273 e. The number of nitro benzene ring substituents is 1. The maximum atomic E-state index is 13.7. The van der Waals surface area contributed by atoms with Gasteiger partial charge in [-0.05, 0) is 61.6 Å². The summed E-state index contributed by atoms with van der Waals surface area (Å²) in [5.74, 6) is -0.985. The molecule has 9 heteroatoms. The molecule has 1 heterocycles. The summed E-state index contributed by atoms with van der Waals surface area (Å²) in [6.07, 6.45) is 4.09. The maximum absolute atomic E-state index is 13.7. The Labute approximate surface area is 225 Å². The average Bonchev–Trinajstić information content (AvgIpc) is 3.69. The van der Waals surface area contributed by atoms with Crippen molar-refractivity contribution >= 4 is 28.4 Å². The average molecular weight is 529 g/mol. The standard InChI is InChI=1S/C30H29FN4O4/c1-20-6-9-22(16-28(20)35(38)39)30(37)34(25-12-13-25)19-29(36)33(18-21-7-10-24(31)11-8-21)15-14-23-17-32-27-5-3-2-4-26(23)27/h2-11,16-17,25,32H,12-15,18-19H2,1H3. The van der Waals surface area contributed by atoms with Crippen LogP contribution in [0.3, 0.4) is 0 Å². The van der Waals surface area contributed by atoms with E-state index in [1.807, 2.05) is 30.5 Å². The minimum absolute atomic E-state index is 0.0805. The number of nitrogens with zero attached hydrogens (tertiary/aromatic N) is 3. The monoisotopic (exact) mass is 528 g/mol. The lowest BCUT2D eigenvalue weighted by molar-refractivity contribution is -0.385. The molecule has 0 aliphatic heterocycles. The zero-order valence-electron chi connectivity index (χ0n) is 21.6. The van der Waals surface area contributed by atoms with E-state index in [2.05, 4.69) is 4.98 Å². The Kier molecular flexibility index (Phi) is 7.40. The van der Waals surface area contributed by atoms with Crippen molar-refractivity contribution in [2.45, 2.75) is 38.8 Å². The van der Waals surface area contributed by atoms with E-state index in [-0.39, 0.29) is 42.1 Å². The Morgan fingerprint density at radius 3 is 2.54 bits per heavy atom. The van der Waals surface area contributed by atoms with E-state index in [4.69, 9.17) is 0 Å². The number of hydrogen-bond donors (Lipinski definition) is 1. The number of amides is 2. The van der Waals surface area contributed by atoms with Gasteiger partial charge in [0.05, 0.1) is 4.92 Å². The highest BCUT2D eigenvalue weighted by Crippen LogP contribution is 2.30. The Hall–Kier alpha value is -4.53. The Morgan fingerprint density at radius 2 is 1.82 bits per heavy atom. The second kappa shape index (κ2) is 11.1. The highest BCUT2D eigenvalue weighted by molar-refractivity contribution is 5.97. The number of nitro groups is 1. The van der Waals surface area contributed by atoms with Gasteiger partial charge in [0.1, 0.15) is 12.4 Å². The van der Waals surface area contributed by atoms with Crippen molar-refractivity contribution in [2.24, 2.45) is 0 Å². The second-order valence-corrected chi connectivity index (χ2v) is 9.97. The Balaban J connectivity index is 1.37. The van der Waals surface area contributed by atoms with Crippen LogP contribution in [-0.4, -0.2) is 50.7 Å². The minimum atomic E-state index is -0.506. The molecule has 0 bridgehead atoms. The third-order valence-corrected chi connectivity index (χ3v) is 7.17. The fourth-order valence-electron chi connectivity index (χ4n) is 4.80. The van der Waals surface area contributed by atoms with Gasteiger partial charge in [-0.1, -0.05) is 36.4 Å². The first kappa shape index (κ1) is 26.1. The van der Waals surface area contributed by atoms with Gasteiger partial charge in [-0.15, -0.1) is 0 Å².